The highest BCUT2D eigenvalue weighted by Crippen LogP contribution is 2.23. The molecule has 0 aliphatic carbocycles. The highest BCUT2D eigenvalue weighted by molar-refractivity contribution is 7.92. The second kappa shape index (κ2) is 5.48. The molecule has 1 rings (SSSR count). The Hall–Kier alpha value is -1.76. The Balaban J connectivity index is 3.03. The lowest BCUT2D eigenvalue weighted by molar-refractivity contribution is -0.138. The van der Waals surface area contributed by atoms with E-state index in [0.29, 0.717) is 11.4 Å². The number of benzene rings is 1. The molecule has 0 amide bonds. The molecule has 0 heterocycles. The van der Waals surface area contributed by atoms with Crippen LogP contribution in [0, 0.1) is 6.92 Å². The fourth-order valence-electron chi connectivity index (χ4n) is 1.57. The van der Waals surface area contributed by atoms with Crippen LogP contribution in [0.1, 0.15) is 12.5 Å². The molecule has 1 unspecified atom stereocenters. The van der Waals surface area contributed by atoms with Crippen molar-refractivity contribution in [3.8, 4) is 0 Å². The first-order valence-electron chi connectivity index (χ1n) is 5.66. The van der Waals surface area contributed by atoms with Crippen LogP contribution in [0.5, 0.6) is 0 Å². The number of aliphatic carboxylic acids is 1. The fraction of sp³-hybridized carbons (Fsp3) is 0.417. The molecule has 0 fully saturated rings. The normalized spacial score (nSPS) is 12.8. The van der Waals surface area contributed by atoms with Crippen molar-refractivity contribution in [2.45, 2.75) is 19.9 Å². The van der Waals surface area contributed by atoms with E-state index in [-0.39, 0.29) is 0 Å². The molecule has 2 N–H and O–H groups in total. The number of sulfonamides is 1. The lowest BCUT2D eigenvalue weighted by atomic mass is 10.1. The van der Waals surface area contributed by atoms with E-state index in [2.05, 4.69) is 4.72 Å². The first kappa shape index (κ1) is 15.3. The summed E-state index contributed by atoms with van der Waals surface area (Å²) in [5, 5.41) is 8.96. The molecule has 0 aromatic heterocycles. The molecule has 0 saturated heterocycles. The topological polar surface area (TPSA) is 86.7 Å². The predicted molar refractivity (Wildman–Crippen MR) is 75.1 cm³/mol. The number of carbonyl (C=O) groups is 1. The summed E-state index contributed by atoms with van der Waals surface area (Å²) < 4.78 is 24.7. The van der Waals surface area contributed by atoms with Gasteiger partial charge in [0, 0.05) is 12.7 Å². The van der Waals surface area contributed by atoms with Gasteiger partial charge < -0.3 is 10.0 Å². The van der Waals surface area contributed by atoms with Gasteiger partial charge in [-0.1, -0.05) is 0 Å². The molecule has 1 atom stereocenters. The number of carboxylic acids is 1. The summed E-state index contributed by atoms with van der Waals surface area (Å²) in [5.41, 5.74) is 1.93. The molecular weight excluding hydrogens is 268 g/mol. The molecule has 19 heavy (non-hydrogen) atoms. The van der Waals surface area contributed by atoms with E-state index in [9.17, 15) is 13.2 Å². The van der Waals surface area contributed by atoms with Crippen molar-refractivity contribution in [1.29, 1.82) is 0 Å². The van der Waals surface area contributed by atoms with E-state index in [1.807, 2.05) is 0 Å². The van der Waals surface area contributed by atoms with Gasteiger partial charge in [-0.3, -0.25) is 4.72 Å². The molecule has 0 aliphatic heterocycles. The van der Waals surface area contributed by atoms with Gasteiger partial charge in [-0.25, -0.2) is 13.2 Å². The summed E-state index contributed by atoms with van der Waals surface area (Å²) >= 11 is 0. The number of likely N-dealkylation sites (N-methyl/N-ethyl adjacent to an activating group) is 1. The summed E-state index contributed by atoms with van der Waals surface area (Å²) in [7, 11) is -1.64. The van der Waals surface area contributed by atoms with Gasteiger partial charge in [0.25, 0.3) is 0 Å². The lowest BCUT2D eigenvalue weighted by Gasteiger charge is -2.24. The molecule has 106 valence electrons. The smallest absolute Gasteiger partial charge is 0.326 e. The Labute approximate surface area is 113 Å². The van der Waals surface area contributed by atoms with Crippen molar-refractivity contribution >= 4 is 27.4 Å². The Kier molecular flexibility index (Phi) is 4.41. The first-order chi connectivity index (χ1) is 8.61. The maximum Gasteiger partial charge on any atom is 0.326 e. The van der Waals surface area contributed by atoms with Crippen LogP contribution in [0.4, 0.5) is 11.4 Å². The fourth-order valence-corrected chi connectivity index (χ4v) is 2.20. The minimum Gasteiger partial charge on any atom is -0.480 e. The van der Waals surface area contributed by atoms with Crippen LogP contribution in [-0.4, -0.2) is 38.8 Å². The number of aryl methyl sites for hydroxylation is 1. The van der Waals surface area contributed by atoms with Crippen molar-refractivity contribution in [2.75, 3.05) is 22.9 Å². The van der Waals surface area contributed by atoms with Crippen LogP contribution in [-0.2, 0) is 14.8 Å². The SMILES string of the molecule is Cc1cc(N(C)C(C)C(=O)O)ccc1NS(C)(=O)=O. The zero-order valence-electron chi connectivity index (χ0n) is 11.3. The van der Waals surface area contributed by atoms with E-state index >= 15 is 0 Å². The molecule has 6 nitrogen and oxygen atoms in total. The van der Waals surface area contributed by atoms with Gasteiger partial charge in [-0.2, -0.15) is 0 Å². The Bertz CT molecular complexity index is 583. The first-order valence-corrected chi connectivity index (χ1v) is 7.55. The van der Waals surface area contributed by atoms with Crippen LogP contribution in [0.25, 0.3) is 0 Å². The predicted octanol–water partition coefficient (Wildman–Crippen LogP) is 1.28. The number of carboxylic acid groups (broad SMARTS) is 1. The molecule has 0 radical (unpaired) electrons. The largest absolute Gasteiger partial charge is 0.480 e. The van der Waals surface area contributed by atoms with Gasteiger partial charge in [0.1, 0.15) is 6.04 Å². The van der Waals surface area contributed by atoms with Crippen LogP contribution in [0.3, 0.4) is 0 Å². The monoisotopic (exact) mass is 286 g/mol. The number of hydrogen-bond donors (Lipinski definition) is 2. The zero-order chi connectivity index (χ0) is 14.8. The van der Waals surface area contributed by atoms with Gasteiger partial charge in [0.2, 0.25) is 10.0 Å². The van der Waals surface area contributed by atoms with Gasteiger partial charge in [-0.15, -0.1) is 0 Å². The molecule has 1 aromatic rings. The van der Waals surface area contributed by atoms with E-state index in [0.717, 1.165) is 11.8 Å². The van der Waals surface area contributed by atoms with E-state index in [1.54, 1.807) is 44.0 Å². The number of nitrogens with one attached hydrogen (secondary N) is 1. The van der Waals surface area contributed by atoms with Crippen molar-refractivity contribution < 1.29 is 18.3 Å². The lowest BCUT2D eigenvalue weighted by Crippen LogP contribution is -2.35. The summed E-state index contributed by atoms with van der Waals surface area (Å²) in [5.74, 6) is -0.918. The number of rotatable bonds is 5. The van der Waals surface area contributed by atoms with Gasteiger partial charge in [0.05, 0.1) is 11.9 Å². The highest BCUT2D eigenvalue weighted by atomic mass is 32.2. The van der Waals surface area contributed by atoms with Crippen LogP contribution < -0.4 is 9.62 Å². The summed E-state index contributed by atoms with van der Waals surface area (Å²) in [6, 6.07) is 4.39. The third kappa shape index (κ3) is 4.13. The third-order valence-corrected chi connectivity index (χ3v) is 3.44. The van der Waals surface area contributed by atoms with Crippen molar-refractivity contribution in [3.63, 3.8) is 0 Å². The molecule has 0 bridgehead atoms. The number of anilines is 2. The van der Waals surface area contributed by atoms with Crippen molar-refractivity contribution in [1.82, 2.24) is 0 Å². The molecular formula is C12H18N2O4S. The van der Waals surface area contributed by atoms with Crippen LogP contribution in [0.2, 0.25) is 0 Å². The number of hydrogen-bond acceptors (Lipinski definition) is 4. The van der Waals surface area contributed by atoms with E-state index in [1.165, 1.54) is 0 Å². The van der Waals surface area contributed by atoms with Crippen LogP contribution >= 0.6 is 0 Å². The Morgan fingerprint density at radius 1 is 1.42 bits per heavy atom. The second-order valence-electron chi connectivity index (χ2n) is 4.50. The molecule has 1 aromatic carbocycles. The third-order valence-electron chi connectivity index (χ3n) is 2.85. The maximum atomic E-state index is 11.2. The minimum atomic E-state index is -3.32. The summed E-state index contributed by atoms with van der Waals surface area (Å²) in [4.78, 5) is 12.5. The zero-order valence-corrected chi connectivity index (χ0v) is 12.2. The summed E-state index contributed by atoms with van der Waals surface area (Å²) in [6.07, 6.45) is 1.08. The Morgan fingerprint density at radius 3 is 2.42 bits per heavy atom. The summed E-state index contributed by atoms with van der Waals surface area (Å²) in [6.45, 7) is 3.34. The van der Waals surface area contributed by atoms with E-state index < -0.39 is 22.0 Å². The van der Waals surface area contributed by atoms with Gasteiger partial charge >= 0.3 is 5.97 Å². The van der Waals surface area contributed by atoms with Gasteiger partial charge in [-0.05, 0) is 37.6 Å². The Morgan fingerprint density at radius 2 is 2.00 bits per heavy atom. The molecule has 0 saturated carbocycles. The average molecular weight is 286 g/mol. The second-order valence-corrected chi connectivity index (χ2v) is 6.25. The highest BCUT2D eigenvalue weighted by Gasteiger charge is 2.17. The maximum absolute atomic E-state index is 11.2. The molecule has 7 heteroatoms. The standard InChI is InChI=1S/C12H18N2O4S/c1-8-7-10(14(3)9(2)12(15)16)5-6-11(8)13-19(4,17)18/h5-7,9,13H,1-4H3,(H,15,16). The van der Waals surface area contributed by atoms with Crippen LogP contribution in [0.15, 0.2) is 18.2 Å². The quantitative estimate of drug-likeness (QED) is 0.851. The van der Waals surface area contributed by atoms with E-state index in [4.69, 9.17) is 5.11 Å². The number of nitrogens with zero attached hydrogens (tertiary/aromatic N) is 1. The van der Waals surface area contributed by atoms with Crippen molar-refractivity contribution in [3.05, 3.63) is 23.8 Å². The average Bonchev–Trinajstić information content (AvgIpc) is 2.28. The minimum absolute atomic E-state index is 0.489. The van der Waals surface area contributed by atoms with Gasteiger partial charge in [0.15, 0.2) is 0 Å². The molecule has 0 spiro atoms. The van der Waals surface area contributed by atoms with Crippen molar-refractivity contribution in [2.24, 2.45) is 0 Å². The molecule has 0 aliphatic rings.